The molecule has 3 N–H and O–H groups in total. The standard InChI is InChI=1S/C6H9IO4/c7-6(3-8)5(10)4(9)1-2-11-6/h1-2,4-5,8-10H,3H2. The fraction of sp³-hybridized carbons (Fsp3) is 0.667. The van der Waals surface area contributed by atoms with Crippen LogP contribution >= 0.6 is 22.6 Å². The highest BCUT2D eigenvalue weighted by Crippen LogP contribution is 2.30. The highest BCUT2D eigenvalue weighted by Gasteiger charge is 2.42. The van der Waals surface area contributed by atoms with Crippen molar-refractivity contribution >= 4 is 22.6 Å². The Morgan fingerprint density at radius 3 is 2.64 bits per heavy atom. The molecule has 0 fully saturated rings. The van der Waals surface area contributed by atoms with Crippen molar-refractivity contribution in [1.29, 1.82) is 0 Å². The molecule has 0 radical (unpaired) electrons. The van der Waals surface area contributed by atoms with E-state index in [9.17, 15) is 5.11 Å². The zero-order valence-corrected chi connectivity index (χ0v) is 7.80. The molecule has 3 atom stereocenters. The zero-order chi connectivity index (χ0) is 8.48. The van der Waals surface area contributed by atoms with Gasteiger partial charge in [-0.1, -0.05) is 0 Å². The third kappa shape index (κ3) is 1.66. The van der Waals surface area contributed by atoms with Crippen molar-refractivity contribution in [3.8, 4) is 0 Å². The summed E-state index contributed by atoms with van der Waals surface area (Å²) in [6, 6.07) is 0. The van der Waals surface area contributed by atoms with Crippen LogP contribution in [0.3, 0.4) is 0 Å². The first-order valence-corrected chi connectivity index (χ1v) is 4.18. The van der Waals surface area contributed by atoms with E-state index in [1.54, 1.807) is 22.6 Å². The first-order chi connectivity index (χ1) is 5.10. The van der Waals surface area contributed by atoms with Gasteiger partial charge in [0.25, 0.3) is 0 Å². The molecule has 0 bridgehead atoms. The summed E-state index contributed by atoms with van der Waals surface area (Å²) < 4.78 is 3.84. The van der Waals surface area contributed by atoms with Crippen LogP contribution in [-0.2, 0) is 4.74 Å². The second-order valence-electron chi connectivity index (χ2n) is 2.33. The van der Waals surface area contributed by atoms with Gasteiger partial charge in [0.2, 0.25) is 3.61 Å². The van der Waals surface area contributed by atoms with E-state index < -0.39 is 15.8 Å². The molecule has 1 aliphatic rings. The minimum Gasteiger partial charge on any atom is -0.480 e. The first-order valence-electron chi connectivity index (χ1n) is 3.10. The van der Waals surface area contributed by atoms with Crippen LogP contribution in [0.2, 0.25) is 0 Å². The summed E-state index contributed by atoms with van der Waals surface area (Å²) in [4.78, 5) is 0. The Labute approximate surface area is 77.6 Å². The summed E-state index contributed by atoms with van der Waals surface area (Å²) in [5.74, 6) is 0. The lowest BCUT2D eigenvalue weighted by Crippen LogP contribution is -2.49. The molecule has 0 spiro atoms. The molecule has 3 unspecified atom stereocenters. The van der Waals surface area contributed by atoms with Crippen molar-refractivity contribution < 1.29 is 20.1 Å². The minimum absolute atomic E-state index is 0.337. The molecule has 4 nitrogen and oxygen atoms in total. The van der Waals surface area contributed by atoms with E-state index in [2.05, 4.69) is 0 Å². The molecule has 0 aromatic carbocycles. The molecule has 5 heteroatoms. The normalized spacial score (nSPS) is 43.6. The number of hydrogen-bond acceptors (Lipinski definition) is 4. The molecule has 0 aromatic rings. The Morgan fingerprint density at radius 1 is 1.55 bits per heavy atom. The fourth-order valence-corrected chi connectivity index (χ4v) is 1.31. The molecule has 0 aromatic heterocycles. The van der Waals surface area contributed by atoms with Gasteiger partial charge in [0.1, 0.15) is 12.2 Å². The fourth-order valence-electron chi connectivity index (χ4n) is 0.794. The summed E-state index contributed by atoms with van der Waals surface area (Å²) in [6.07, 6.45) is 0.558. The largest absolute Gasteiger partial charge is 0.480 e. The van der Waals surface area contributed by atoms with E-state index >= 15 is 0 Å². The summed E-state index contributed by atoms with van der Waals surface area (Å²) in [6.45, 7) is -0.337. The summed E-state index contributed by atoms with van der Waals surface area (Å²) in [5, 5.41) is 27.2. The third-order valence-corrected chi connectivity index (χ3v) is 2.75. The molecule has 0 aliphatic carbocycles. The molecule has 0 saturated heterocycles. The van der Waals surface area contributed by atoms with Crippen molar-refractivity contribution in [2.24, 2.45) is 0 Å². The van der Waals surface area contributed by atoms with Gasteiger partial charge in [-0.2, -0.15) is 0 Å². The van der Waals surface area contributed by atoms with E-state index in [1.807, 2.05) is 0 Å². The number of aliphatic hydroxyl groups is 3. The third-order valence-electron chi connectivity index (χ3n) is 1.52. The van der Waals surface area contributed by atoms with Gasteiger partial charge in [0.05, 0.1) is 12.9 Å². The van der Waals surface area contributed by atoms with Crippen LogP contribution in [-0.4, -0.2) is 37.7 Å². The number of rotatable bonds is 1. The van der Waals surface area contributed by atoms with Crippen molar-refractivity contribution in [3.05, 3.63) is 12.3 Å². The van der Waals surface area contributed by atoms with Gasteiger partial charge in [-0.25, -0.2) is 0 Å². The Hall–Kier alpha value is 0.150. The second kappa shape index (κ2) is 3.26. The number of halogens is 1. The molecular weight excluding hydrogens is 263 g/mol. The Kier molecular flexibility index (Phi) is 2.74. The van der Waals surface area contributed by atoms with Crippen LogP contribution in [0.25, 0.3) is 0 Å². The van der Waals surface area contributed by atoms with E-state index in [0.717, 1.165) is 0 Å². The molecule has 0 amide bonds. The lowest BCUT2D eigenvalue weighted by atomic mass is 10.1. The van der Waals surface area contributed by atoms with Gasteiger partial charge >= 0.3 is 0 Å². The van der Waals surface area contributed by atoms with E-state index in [4.69, 9.17) is 14.9 Å². The number of ether oxygens (including phenoxy) is 1. The lowest BCUT2D eigenvalue weighted by molar-refractivity contribution is -0.0910. The first kappa shape index (κ1) is 9.24. The highest BCUT2D eigenvalue weighted by atomic mass is 127. The molecule has 64 valence electrons. The predicted molar refractivity (Wildman–Crippen MR) is 46.1 cm³/mol. The van der Waals surface area contributed by atoms with E-state index in [0.29, 0.717) is 0 Å². The summed E-state index contributed by atoms with van der Waals surface area (Å²) in [7, 11) is 0. The topological polar surface area (TPSA) is 69.9 Å². The number of alkyl halides is 1. The lowest BCUT2D eigenvalue weighted by Gasteiger charge is -2.34. The molecule has 0 saturated carbocycles. The van der Waals surface area contributed by atoms with Crippen LogP contribution in [0.4, 0.5) is 0 Å². The zero-order valence-electron chi connectivity index (χ0n) is 5.64. The average Bonchev–Trinajstić information content (AvgIpc) is 2.00. The SMILES string of the molecule is OCC1(I)OC=CC(O)C1O. The van der Waals surface area contributed by atoms with Gasteiger partial charge in [-0.3, -0.25) is 0 Å². The predicted octanol–water partition coefficient (Wildman–Crippen LogP) is -0.624. The van der Waals surface area contributed by atoms with E-state index in [-0.39, 0.29) is 6.61 Å². The average molecular weight is 272 g/mol. The quantitative estimate of drug-likeness (QED) is 0.439. The Balaban J connectivity index is 2.77. The van der Waals surface area contributed by atoms with Gasteiger partial charge < -0.3 is 20.1 Å². The maximum atomic E-state index is 9.30. The summed E-state index contributed by atoms with van der Waals surface area (Å²) >= 11 is 1.76. The molecule has 1 aliphatic heterocycles. The van der Waals surface area contributed by atoms with Crippen molar-refractivity contribution in [2.75, 3.05) is 6.61 Å². The van der Waals surface area contributed by atoms with Crippen LogP contribution in [0, 0.1) is 0 Å². The van der Waals surface area contributed by atoms with Crippen molar-refractivity contribution in [1.82, 2.24) is 0 Å². The van der Waals surface area contributed by atoms with E-state index in [1.165, 1.54) is 12.3 Å². The van der Waals surface area contributed by atoms with Gasteiger partial charge in [0, 0.05) is 0 Å². The maximum Gasteiger partial charge on any atom is 0.209 e. The second-order valence-corrected chi connectivity index (χ2v) is 4.15. The minimum atomic E-state index is -1.11. The van der Waals surface area contributed by atoms with Crippen LogP contribution in [0.15, 0.2) is 12.3 Å². The molecular formula is C6H9IO4. The molecule has 1 heterocycles. The van der Waals surface area contributed by atoms with Gasteiger partial charge in [-0.05, 0) is 28.7 Å². The van der Waals surface area contributed by atoms with Gasteiger partial charge in [-0.15, -0.1) is 0 Å². The number of aliphatic hydroxyl groups excluding tert-OH is 3. The smallest absolute Gasteiger partial charge is 0.209 e. The maximum absolute atomic E-state index is 9.30. The molecule has 1 rings (SSSR count). The summed E-state index contributed by atoms with van der Waals surface area (Å²) in [5.41, 5.74) is 0. The Morgan fingerprint density at radius 2 is 2.18 bits per heavy atom. The highest BCUT2D eigenvalue weighted by molar-refractivity contribution is 14.1. The van der Waals surface area contributed by atoms with Crippen molar-refractivity contribution in [3.63, 3.8) is 0 Å². The van der Waals surface area contributed by atoms with Gasteiger partial charge in [0.15, 0.2) is 0 Å². The Bertz CT molecular complexity index is 172. The molecule has 11 heavy (non-hydrogen) atoms. The van der Waals surface area contributed by atoms with Crippen LogP contribution in [0.5, 0.6) is 0 Å². The van der Waals surface area contributed by atoms with Crippen LogP contribution in [0.1, 0.15) is 0 Å². The number of hydrogen-bond donors (Lipinski definition) is 3. The monoisotopic (exact) mass is 272 g/mol. The van der Waals surface area contributed by atoms with Crippen LogP contribution < -0.4 is 0 Å². The van der Waals surface area contributed by atoms with Crippen molar-refractivity contribution in [2.45, 2.75) is 15.8 Å².